The molecule has 0 radical (unpaired) electrons. The van der Waals surface area contributed by atoms with Gasteiger partial charge in [0.05, 0.1) is 4.91 Å². The van der Waals surface area contributed by atoms with E-state index >= 15 is 0 Å². The molecule has 2 saturated heterocycles. The molecule has 3 heterocycles. The van der Waals surface area contributed by atoms with Gasteiger partial charge in [-0.15, -0.1) is 0 Å². The van der Waals surface area contributed by atoms with E-state index in [1.165, 1.54) is 17.3 Å². The second kappa shape index (κ2) is 14.8. The molecule has 1 aromatic heterocycles. The minimum absolute atomic E-state index is 0.0839. The molecule has 2 aromatic rings. The number of unbranched alkanes of at least 4 members (excludes halogenated alkanes) is 4. The van der Waals surface area contributed by atoms with Crippen molar-refractivity contribution in [2.45, 2.75) is 72.4 Å². The third kappa shape index (κ3) is 7.29. The van der Waals surface area contributed by atoms with Crippen LogP contribution in [0.4, 0.5) is 5.82 Å². The zero-order chi connectivity index (χ0) is 29.4. The van der Waals surface area contributed by atoms with Gasteiger partial charge in [0.15, 0.2) is 0 Å². The number of hydrogen-bond acceptors (Lipinski definition) is 7. The molecule has 0 aliphatic carbocycles. The Bertz CT molecular complexity index is 1370. The van der Waals surface area contributed by atoms with Gasteiger partial charge in [-0.05, 0) is 37.0 Å². The van der Waals surface area contributed by atoms with Crippen LogP contribution in [0.3, 0.4) is 0 Å². The highest BCUT2D eigenvalue weighted by molar-refractivity contribution is 8.26. The predicted molar refractivity (Wildman–Crippen MR) is 173 cm³/mol. The fourth-order valence-corrected chi connectivity index (χ4v) is 6.78. The Morgan fingerprint density at radius 1 is 0.976 bits per heavy atom. The number of carbonyl (C=O) groups is 1. The van der Waals surface area contributed by atoms with E-state index in [0.717, 1.165) is 82.6 Å². The molecule has 2 aliphatic rings. The van der Waals surface area contributed by atoms with Crippen LogP contribution in [0.2, 0.25) is 0 Å². The number of benzene rings is 1. The molecule has 2 fully saturated rings. The van der Waals surface area contributed by atoms with E-state index in [9.17, 15) is 14.9 Å². The first kappa shape index (κ1) is 31.0. The second-order valence-corrected chi connectivity index (χ2v) is 12.5. The lowest BCUT2D eigenvalue weighted by Gasteiger charge is -2.38. The molecule has 218 valence electrons. The Balaban J connectivity index is 1.69. The van der Waals surface area contributed by atoms with E-state index < -0.39 is 0 Å². The summed E-state index contributed by atoms with van der Waals surface area (Å²) in [6.07, 6.45) is 7.91. The summed E-state index contributed by atoms with van der Waals surface area (Å²) >= 11 is 6.92. The van der Waals surface area contributed by atoms with Gasteiger partial charge in [0.25, 0.3) is 11.5 Å². The van der Waals surface area contributed by atoms with Crippen molar-refractivity contribution in [2.24, 2.45) is 0 Å². The Kier molecular flexibility index (Phi) is 11.2. The highest BCUT2D eigenvalue weighted by atomic mass is 32.2. The number of anilines is 1. The maximum atomic E-state index is 13.6. The maximum Gasteiger partial charge on any atom is 0.270 e. The predicted octanol–water partition coefficient (Wildman–Crippen LogP) is 5.93. The summed E-state index contributed by atoms with van der Waals surface area (Å²) in [5.74, 6) is 0.729. The number of piperazine rings is 1. The van der Waals surface area contributed by atoms with E-state index in [-0.39, 0.29) is 17.0 Å². The van der Waals surface area contributed by atoms with Gasteiger partial charge in [0.2, 0.25) is 0 Å². The van der Waals surface area contributed by atoms with Crippen molar-refractivity contribution in [3.63, 3.8) is 0 Å². The van der Waals surface area contributed by atoms with Gasteiger partial charge >= 0.3 is 0 Å². The first-order chi connectivity index (χ1) is 19.9. The van der Waals surface area contributed by atoms with Gasteiger partial charge in [-0.25, -0.2) is 0 Å². The van der Waals surface area contributed by atoms with Crippen LogP contribution in [0.5, 0.6) is 0 Å². The summed E-state index contributed by atoms with van der Waals surface area (Å²) in [6.45, 7) is 11.4. The summed E-state index contributed by atoms with van der Waals surface area (Å²) in [6, 6.07) is 12.6. The molecule has 0 bridgehead atoms. The van der Waals surface area contributed by atoms with Crippen molar-refractivity contribution in [2.75, 3.05) is 37.6 Å². The molecule has 0 spiro atoms. The molecule has 0 saturated carbocycles. The standard InChI is InChI=1S/C32H41N5O2S2/c1-4-6-8-12-16-37-31(39)28(41-32(37)40)21-26-24(3)27(22-33)30(38)36(15-7-5-2)29(26)35-19-17-34(18-20-35)23-25-13-10-9-11-14-25/h9-11,13-14,21H,4-8,12,15-20,23H2,1-3H3. The minimum atomic E-state index is -0.249. The summed E-state index contributed by atoms with van der Waals surface area (Å²) < 4.78 is 2.35. The molecule has 0 N–H and O–H groups in total. The molecular formula is C32H41N5O2S2. The molecule has 1 aromatic carbocycles. The smallest absolute Gasteiger partial charge is 0.270 e. The van der Waals surface area contributed by atoms with E-state index in [1.807, 2.05) is 19.1 Å². The number of rotatable bonds is 12. The van der Waals surface area contributed by atoms with Gasteiger partial charge in [-0.3, -0.25) is 24.0 Å². The molecule has 41 heavy (non-hydrogen) atoms. The lowest BCUT2D eigenvalue weighted by atomic mass is 10.0. The van der Waals surface area contributed by atoms with E-state index in [1.54, 1.807) is 9.47 Å². The van der Waals surface area contributed by atoms with Crippen molar-refractivity contribution in [3.8, 4) is 6.07 Å². The monoisotopic (exact) mass is 591 g/mol. The average Bonchev–Trinajstić information content (AvgIpc) is 3.24. The second-order valence-electron chi connectivity index (χ2n) is 10.8. The summed E-state index contributed by atoms with van der Waals surface area (Å²) in [7, 11) is 0. The molecule has 0 atom stereocenters. The topological polar surface area (TPSA) is 72.6 Å². The van der Waals surface area contributed by atoms with Crippen LogP contribution in [0.1, 0.15) is 74.6 Å². The van der Waals surface area contributed by atoms with E-state index in [2.05, 4.69) is 54.0 Å². The number of nitrogens with zero attached hydrogens (tertiary/aromatic N) is 5. The summed E-state index contributed by atoms with van der Waals surface area (Å²) in [5.41, 5.74) is 2.59. The van der Waals surface area contributed by atoms with Crippen molar-refractivity contribution in [1.82, 2.24) is 14.4 Å². The van der Waals surface area contributed by atoms with Gasteiger partial charge in [0, 0.05) is 51.4 Å². The van der Waals surface area contributed by atoms with Gasteiger partial charge < -0.3 is 4.90 Å². The van der Waals surface area contributed by atoms with Crippen LogP contribution in [0.15, 0.2) is 40.0 Å². The van der Waals surface area contributed by atoms with Crippen LogP contribution in [-0.2, 0) is 17.9 Å². The number of nitriles is 1. The van der Waals surface area contributed by atoms with Crippen LogP contribution >= 0.6 is 24.0 Å². The zero-order valence-corrected chi connectivity index (χ0v) is 26.2. The van der Waals surface area contributed by atoms with Gasteiger partial charge in [0.1, 0.15) is 21.8 Å². The zero-order valence-electron chi connectivity index (χ0n) is 24.5. The Morgan fingerprint density at radius 2 is 1.68 bits per heavy atom. The number of amides is 1. The fraction of sp³-hybridized carbons (Fsp3) is 0.500. The van der Waals surface area contributed by atoms with E-state index in [4.69, 9.17) is 12.2 Å². The normalized spacial score (nSPS) is 17.1. The third-order valence-corrected chi connectivity index (χ3v) is 9.26. The molecular weight excluding hydrogens is 551 g/mol. The first-order valence-electron chi connectivity index (χ1n) is 14.8. The maximum absolute atomic E-state index is 13.6. The Morgan fingerprint density at radius 3 is 2.34 bits per heavy atom. The van der Waals surface area contributed by atoms with E-state index in [0.29, 0.717) is 27.9 Å². The number of aromatic nitrogens is 1. The number of hydrogen-bond donors (Lipinski definition) is 0. The molecule has 0 unspecified atom stereocenters. The van der Waals surface area contributed by atoms with Gasteiger partial charge in [-0.2, -0.15) is 5.26 Å². The summed E-state index contributed by atoms with van der Waals surface area (Å²) in [4.78, 5) is 34.0. The Labute approximate surface area is 253 Å². The number of carbonyl (C=O) groups excluding carboxylic acids is 1. The largest absolute Gasteiger partial charge is 0.355 e. The number of thiocarbonyl (C=S) groups is 1. The average molecular weight is 592 g/mol. The van der Waals surface area contributed by atoms with Crippen LogP contribution in [0.25, 0.3) is 6.08 Å². The molecule has 7 nitrogen and oxygen atoms in total. The molecule has 9 heteroatoms. The summed E-state index contributed by atoms with van der Waals surface area (Å²) in [5, 5.41) is 9.98. The lowest BCUT2D eigenvalue weighted by molar-refractivity contribution is -0.122. The Hall–Kier alpha value is -2.93. The van der Waals surface area contributed by atoms with Crippen molar-refractivity contribution in [3.05, 3.63) is 67.8 Å². The quantitative estimate of drug-likeness (QED) is 0.172. The number of pyridine rings is 1. The third-order valence-electron chi connectivity index (χ3n) is 7.89. The fourth-order valence-electron chi connectivity index (χ4n) is 5.49. The molecule has 2 aliphatic heterocycles. The highest BCUT2D eigenvalue weighted by Gasteiger charge is 2.33. The van der Waals surface area contributed by atoms with Crippen LogP contribution in [0, 0.1) is 18.3 Å². The number of thioether (sulfide) groups is 1. The first-order valence-corrected chi connectivity index (χ1v) is 16.1. The minimum Gasteiger partial charge on any atom is -0.355 e. The highest BCUT2D eigenvalue weighted by Crippen LogP contribution is 2.36. The molecule has 4 rings (SSSR count). The van der Waals surface area contributed by atoms with Crippen molar-refractivity contribution in [1.29, 1.82) is 5.26 Å². The van der Waals surface area contributed by atoms with Crippen LogP contribution < -0.4 is 10.5 Å². The van der Waals surface area contributed by atoms with Crippen LogP contribution in [-0.4, -0.2) is 57.3 Å². The molecule has 1 amide bonds. The lowest BCUT2D eigenvalue weighted by Crippen LogP contribution is -2.48. The SMILES string of the molecule is CCCCCCN1C(=O)C(=Cc2c(C)c(C#N)c(=O)n(CCCC)c2N2CCN(Cc3ccccc3)CC2)SC1=S. The van der Waals surface area contributed by atoms with Gasteiger partial charge in [-0.1, -0.05) is 93.8 Å². The van der Waals surface area contributed by atoms with Crippen molar-refractivity contribution < 1.29 is 4.79 Å². The van der Waals surface area contributed by atoms with Crippen molar-refractivity contribution >= 4 is 46.1 Å².